The Morgan fingerprint density at radius 1 is 1.24 bits per heavy atom. The van der Waals surface area contributed by atoms with Gasteiger partial charge in [0.15, 0.2) is 6.61 Å². The highest BCUT2D eigenvalue weighted by atomic mass is 79.9. The molecule has 0 fully saturated rings. The number of nitriles is 1. The number of aromatic carboxylic acids is 1. The fourth-order valence-electron chi connectivity index (χ4n) is 2.19. The van der Waals surface area contributed by atoms with Gasteiger partial charge in [0.05, 0.1) is 12.7 Å². The first-order chi connectivity index (χ1) is 13.8. The summed E-state index contributed by atoms with van der Waals surface area (Å²) in [6.07, 6.45) is 1.30. The van der Waals surface area contributed by atoms with Crippen LogP contribution in [0.2, 0.25) is 0 Å². The number of anilines is 1. The Morgan fingerprint density at radius 3 is 2.66 bits per heavy atom. The average molecular weight is 459 g/mol. The SMILES string of the molecule is COC(=O)COc1ccc(Br)cc1/C=C(/C#N)C(=O)Nc1cccc(C(=O)O)c1. The molecular weight excluding hydrogens is 444 g/mol. The number of rotatable bonds is 7. The molecular formula is C20H15BrN2O6. The Labute approximate surface area is 174 Å². The summed E-state index contributed by atoms with van der Waals surface area (Å²) in [5.41, 5.74) is 0.365. The van der Waals surface area contributed by atoms with E-state index in [-0.39, 0.29) is 29.2 Å². The maximum absolute atomic E-state index is 12.5. The molecule has 0 unspecified atom stereocenters. The third-order valence-corrected chi connectivity index (χ3v) is 4.07. The van der Waals surface area contributed by atoms with Crippen LogP contribution in [0.15, 0.2) is 52.5 Å². The van der Waals surface area contributed by atoms with Crippen molar-refractivity contribution in [1.29, 1.82) is 5.26 Å². The number of hydrogen-bond donors (Lipinski definition) is 2. The molecule has 0 aliphatic carbocycles. The van der Waals surface area contributed by atoms with Crippen LogP contribution in [0.25, 0.3) is 6.08 Å². The lowest BCUT2D eigenvalue weighted by molar-refractivity contribution is -0.142. The first kappa shape index (κ1) is 21.7. The Bertz CT molecular complexity index is 1030. The number of nitrogens with one attached hydrogen (secondary N) is 1. The van der Waals surface area contributed by atoms with Crippen LogP contribution in [0.1, 0.15) is 15.9 Å². The molecule has 148 valence electrons. The van der Waals surface area contributed by atoms with Crippen LogP contribution in [-0.2, 0) is 14.3 Å². The van der Waals surface area contributed by atoms with E-state index in [1.54, 1.807) is 24.3 Å². The number of halogens is 1. The molecule has 9 heteroatoms. The molecule has 1 amide bonds. The number of amides is 1. The van der Waals surface area contributed by atoms with Crippen molar-refractivity contribution in [1.82, 2.24) is 0 Å². The average Bonchev–Trinajstić information content (AvgIpc) is 2.71. The van der Waals surface area contributed by atoms with Crippen LogP contribution in [0.3, 0.4) is 0 Å². The van der Waals surface area contributed by atoms with Crippen molar-refractivity contribution in [3.8, 4) is 11.8 Å². The fraction of sp³-hybridized carbons (Fsp3) is 0.100. The summed E-state index contributed by atoms with van der Waals surface area (Å²) in [4.78, 5) is 34.8. The normalized spacial score (nSPS) is 10.6. The van der Waals surface area contributed by atoms with Gasteiger partial charge in [-0.1, -0.05) is 22.0 Å². The Balaban J connectivity index is 2.29. The number of methoxy groups -OCH3 is 1. The highest BCUT2D eigenvalue weighted by molar-refractivity contribution is 9.10. The summed E-state index contributed by atoms with van der Waals surface area (Å²) >= 11 is 3.30. The number of ether oxygens (including phenoxy) is 2. The van der Waals surface area contributed by atoms with E-state index in [0.717, 1.165) is 0 Å². The smallest absolute Gasteiger partial charge is 0.343 e. The molecule has 29 heavy (non-hydrogen) atoms. The topological polar surface area (TPSA) is 126 Å². The van der Waals surface area contributed by atoms with Gasteiger partial charge in [0.2, 0.25) is 0 Å². The van der Waals surface area contributed by atoms with Crippen LogP contribution in [0, 0.1) is 11.3 Å². The van der Waals surface area contributed by atoms with Gasteiger partial charge in [0.25, 0.3) is 5.91 Å². The molecule has 0 saturated heterocycles. The van der Waals surface area contributed by atoms with Crippen molar-refractivity contribution < 1.29 is 29.0 Å². The van der Waals surface area contributed by atoms with E-state index < -0.39 is 17.8 Å². The predicted octanol–water partition coefficient (Wildman–Crippen LogP) is 3.24. The molecule has 0 heterocycles. The number of hydrogen-bond acceptors (Lipinski definition) is 6. The van der Waals surface area contributed by atoms with Gasteiger partial charge < -0.3 is 19.9 Å². The second-order valence-corrected chi connectivity index (χ2v) is 6.47. The number of carbonyl (C=O) groups is 3. The van der Waals surface area contributed by atoms with Crippen LogP contribution in [0.5, 0.6) is 5.75 Å². The minimum Gasteiger partial charge on any atom is -0.481 e. The fourth-order valence-corrected chi connectivity index (χ4v) is 2.57. The first-order valence-electron chi connectivity index (χ1n) is 8.09. The van der Waals surface area contributed by atoms with Crippen molar-refractivity contribution in [2.45, 2.75) is 0 Å². The molecule has 0 aliphatic rings. The minimum absolute atomic E-state index is 0.00391. The molecule has 0 radical (unpaired) electrons. The Kier molecular flexibility index (Phi) is 7.51. The summed E-state index contributed by atoms with van der Waals surface area (Å²) in [6, 6.07) is 12.3. The van der Waals surface area contributed by atoms with Crippen LogP contribution in [-0.4, -0.2) is 36.7 Å². The second kappa shape index (κ2) is 10.1. The van der Waals surface area contributed by atoms with Gasteiger partial charge in [0.1, 0.15) is 17.4 Å². The third kappa shape index (κ3) is 6.19. The molecule has 0 spiro atoms. The summed E-state index contributed by atoms with van der Waals surface area (Å²) in [5.74, 6) is -2.18. The van der Waals surface area contributed by atoms with Crippen LogP contribution in [0.4, 0.5) is 5.69 Å². The standard InChI is InChI=1S/C20H15BrN2O6/c1-28-18(24)11-29-17-6-5-15(21)8-13(17)7-14(10-22)19(25)23-16-4-2-3-12(9-16)20(26)27/h2-9H,11H2,1H3,(H,23,25)(H,26,27)/b14-7-. The minimum atomic E-state index is -1.14. The maximum atomic E-state index is 12.5. The third-order valence-electron chi connectivity index (χ3n) is 3.58. The van der Waals surface area contributed by atoms with E-state index >= 15 is 0 Å². The van der Waals surface area contributed by atoms with Crippen molar-refractivity contribution in [3.63, 3.8) is 0 Å². The largest absolute Gasteiger partial charge is 0.481 e. The van der Waals surface area contributed by atoms with E-state index in [0.29, 0.717) is 10.0 Å². The summed E-state index contributed by atoms with van der Waals surface area (Å²) in [5, 5.41) is 20.9. The number of benzene rings is 2. The van der Waals surface area contributed by atoms with Gasteiger partial charge in [0, 0.05) is 15.7 Å². The summed E-state index contributed by atoms with van der Waals surface area (Å²) in [7, 11) is 1.23. The number of esters is 1. The van der Waals surface area contributed by atoms with Gasteiger partial charge in [-0.3, -0.25) is 4.79 Å². The number of carbonyl (C=O) groups excluding carboxylic acids is 2. The molecule has 0 atom stereocenters. The maximum Gasteiger partial charge on any atom is 0.343 e. The lowest BCUT2D eigenvalue weighted by Crippen LogP contribution is -2.14. The van der Waals surface area contributed by atoms with Crippen LogP contribution >= 0.6 is 15.9 Å². The highest BCUT2D eigenvalue weighted by Crippen LogP contribution is 2.26. The second-order valence-electron chi connectivity index (χ2n) is 5.56. The molecule has 0 saturated carbocycles. The number of carboxylic acid groups (broad SMARTS) is 1. The van der Waals surface area contributed by atoms with E-state index in [1.807, 2.05) is 0 Å². The molecule has 2 aromatic rings. The number of carboxylic acids is 1. The molecule has 0 aliphatic heterocycles. The van der Waals surface area contributed by atoms with Gasteiger partial charge in [-0.2, -0.15) is 5.26 Å². The van der Waals surface area contributed by atoms with Crippen molar-refractivity contribution >= 4 is 45.5 Å². The zero-order chi connectivity index (χ0) is 21.4. The van der Waals surface area contributed by atoms with Crippen molar-refractivity contribution in [3.05, 3.63) is 63.6 Å². The Morgan fingerprint density at radius 2 is 2.00 bits per heavy atom. The molecule has 0 aromatic heterocycles. The molecule has 0 bridgehead atoms. The van der Waals surface area contributed by atoms with Gasteiger partial charge in [-0.25, -0.2) is 9.59 Å². The molecule has 8 nitrogen and oxygen atoms in total. The highest BCUT2D eigenvalue weighted by Gasteiger charge is 2.14. The van der Waals surface area contributed by atoms with Gasteiger partial charge in [-0.05, 0) is 42.5 Å². The van der Waals surface area contributed by atoms with Crippen molar-refractivity contribution in [2.75, 3.05) is 19.0 Å². The van der Waals surface area contributed by atoms with E-state index in [4.69, 9.17) is 9.84 Å². The molecule has 2 N–H and O–H groups in total. The summed E-state index contributed by atoms with van der Waals surface area (Å²) < 4.78 is 10.6. The summed E-state index contributed by atoms with van der Waals surface area (Å²) in [6.45, 7) is -0.338. The zero-order valence-electron chi connectivity index (χ0n) is 15.1. The quantitative estimate of drug-likeness (QED) is 0.370. The van der Waals surface area contributed by atoms with E-state index in [9.17, 15) is 19.6 Å². The van der Waals surface area contributed by atoms with Crippen molar-refractivity contribution in [2.24, 2.45) is 0 Å². The zero-order valence-corrected chi connectivity index (χ0v) is 16.7. The van der Waals surface area contributed by atoms with E-state index in [1.165, 1.54) is 37.5 Å². The monoisotopic (exact) mass is 458 g/mol. The first-order valence-corrected chi connectivity index (χ1v) is 8.89. The molecule has 2 rings (SSSR count). The van der Waals surface area contributed by atoms with E-state index in [2.05, 4.69) is 26.0 Å². The van der Waals surface area contributed by atoms with Gasteiger partial charge in [-0.15, -0.1) is 0 Å². The van der Waals surface area contributed by atoms with Gasteiger partial charge >= 0.3 is 11.9 Å². The number of nitrogens with zero attached hydrogens (tertiary/aromatic N) is 1. The molecule has 2 aromatic carbocycles. The lowest BCUT2D eigenvalue weighted by Gasteiger charge is -2.10. The Hall–Kier alpha value is -3.64. The predicted molar refractivity (Wildman–Crippen MR) is 107 cm³/mol. The van der Waals surface area contributed by atoms with Crippen LogP contribution < -0.4 is 10.1 Å². The lowest BCUT2D eigenvalue weighted by atomic mass is 10.1.